The van der Waals surface area contributed by atoms with E-state index in [9.17, 15) is 0 Å². The molecule has 1 aliphatic carbocycles. The number of hydrogen-bond acceptors (Lipinski definition) is 1. The second-order valence-electron chi connectivity index (χ2n) is 4.06. The van der Waals surface area contributed by atoms with Gasteiger partial charge >= 0.3 is 0 Å². The maximum Gasteiger partial charge on any atom is 0.0408 e. The Morgan fingerprint density at radius 3 is 2.79 bits per heavy atom. The van der Waals surface area contributed by atoms with E-state index in [-0.39, 0.29) is 6.04 Å². The number of halogens is 1. The van der Waals surface area contributed by atoms with E-state index >= 15 is 0 Å². The van der Waals surface area contributed by atoms with Gasteiger partial charge in [0.15, 0.2) is 0 Å². The minimum atomic E-state index is 0.224. The Hall–Kier alpha value is -0.530. The minimum absolute atomic E-state index is 0.224. The van der Waals surface area contributed by atoms with Crippen molar-refractivity contribution in [1.29, 1.82) is 0 Å². The lowest BCUT2D eigenvalue weighted by molar-refractivity contribution is 0.627. The molecule has 0 radical (unpaired) electrons. The molecule has 2 rings (SSSR count). The molecule has 0 heterocycles. The van der Waals surface area contributed by atoms with Crippen molar-refractivity contribution in [3.8, 4) is 0 Å². The molecular formula is C12H16ClN. The molecule has 1 saturated carbocycles. The lowest BCUT2D eigenvalue weighted by atomic mass is 9.96. The van der Waals surface area contributed by atoms with Crippen molar-refractivity contribution in [1.82, 2.24) is 0 Å². The molecule has 2 heteroatoms. The highest BCUT2D eigenvalue weighted by atomic mass is 35.5. The number of benzene rings is 1. The van der Waals surface area contributed by atoms with Crippen LogP contribution in [0.4, 0.5) is 0 Å². The first kappa shape index (κ1) is 10.0. The van der Waals surface area contributed by atoms with Gasteiger partial charge in [0.05, 0.1) is 0 Å². The summed E-state index contributed by atoms with van der Waals surface area (Å²) in [6.45, 7) is 2.15. The van der Waals surface area contributed by atoms with Gasteiger partial charge in [-0.15, -0.1) is 0 Å². The Labute approximate surface area is 90.3 Å². The third-order valence-electron chi connectivity index (χ3n) is 2.97. The molecule has 0 aliphatic heterocycles. The van der Waals surface area contributed by atoms with E-state index in [2.05, 4.69) is 13.0 Å². The van der Waals surface area contributed by atoms with Gasteiger partial charge in [-0.1, -0.05) is 24.6 Å². The van der Waals surface area contributed by atoms with Crippen LogP contribution in [0.5, 0.6) is 0 Å². The van der Waals surface area contributed by atoms with Gasteiger partial charge in [-0.25, -0.2) is 0 Å². The van der Waals surface area contributed by atoms with Crippen LogP contribution in [0.25, 0.3) is 0 Å². The third-order valence-corrected chi connectivity index (χ3v) is 3.21. The molecule has 2 N–H and O–H groups in total. The predicted molar refractivity (Wildman–Crippen MR) is 60.5 cm³/mol. The molecule has 0 aromatic heterocycles. The number of rotatable bonds is 3. The van der Waals surface area contributed by atoms with Gasteiger partial charge in [-0.05, 0) is 48.4 Å². The van der Waals surface area contributed by atoms with Crippen LogP contribution in [0.3, 0.4) is 0 Å². The van der Waals surface area contributed by atoms with E-state index in [1.54, 1.807) is 0 Å². The number of aryl methyl sites for hydroxylation is 1. The molecule has 1 aromatic rings. The summed E-state index contributed by atoms with van der Waals surface area (Å²) in [4.78, 5) is 0. The average Bonchev–Trinajstić information content (AvgIpc) is 3.00. The molecule has 1 aromatic carbocycles. The van der Waals surface area contributed by atoms with Crippen LogP contribution in [0.1, 0.15) is 36.9 Å². The van der Waals surface area contributed by atoms with Gasteiger partial charge in [-0.3, -0.25) is 0 Å². The molecule has 1 fully saturated rings. The Kier molecular flexibility index (Phi) is 2.80. The van der Waals surface area contributed by atoms with Crippen molar-refractivity contribution >= 4 is 11.6 Å². The highest BCUT2D eigenvalue weighted by Gasteiger charge is 2.30. The zero-order valence-corrected chi connectivity index (χ0v) is 9.22. The van der Waals surface area contributed by atoms with Gasteiger partial charge in [0.2, 0.25) is 0 Å². The normalized spacial score (nSPS) is 18.2. The first-order valence-corrected chi connectivity index (χ1v) is 5.64. The molecule has 0 bridgehead atoms. The fraction of sp³-hybridized carbons (Fsp3) is 0.500. The topological polar surface area (TPSA) is 26.0 Å². The van der Waals surface area contributed by atoms with E-state index in [0.717, 1.165) is 11.4 Å². The van der Waals surface area contributed by atoms with Crippen LogP contribution < -0.4 is 5.73 Å². The second-order valence-corrected chi connectivity index (χ2v) is 4.50. The number of hydrogen-bond donors (Lipinski definition) is 1. The van der Waals surface area contributed by atoms with E-state index in [1.807, 2.05) is 12.1 Å². The molecule has 0 amide bonds. The SMILES string of the molecule is CCc1cc(Cl)ccc1[C@@H](N)C1CC1. The van der Waals surface area contributed by atoms with Crippen LogP contribution in [0.2, 0.25) is 5.02 Å². The Morgan fingerprint density at radius 1 is 1.50 bits per heavy atom. The zero-order valence-electron chi connectivity index (χ0n) is 8.46. The largest absolute Gasteiger partial charge is 0.324 e. The Morgan fingerprint density at radius 2 is 2.21 bits per heavy atom. The summed E-state index contributed by atoms with van der Waals surface area (Å²) in [7, 11) is 0. The summed E-state index contributed by atoms with van der Waals surface area (Å²) in [6, 6.07) is 6.30. The van der Waals surface area contributed by atoms with Crippen molar-refractivity contribution in [2.24, 2.45) is 11.7 Å². The van der Waals surface area contributed by atoms with E-state index < -0.39 is 0 Å². The van der Waals surface area contributed by atoms with Crippen molar-refractivity contribution in [3.63, 3.8) is 0 Å². The molecule has 0 spiro atoms. The standard InChI is InChI=1S/C12H16ClN/c1-2-8-7-10(13)5-6-11(8)12(14)9-3-4-9/h5-7,9,12H,2-4,14H2,1H3/t12-/m0/s1. The minimum Gasteiger partial charge on any atom is -0.324 e. The fourth-order valence-corrected chi connectivity index (χ4v) is 2.11. The molecule has 1 nitrogen and oxygen atoms in total. The maximum absolute atomic E-state index is 6.18. The van der Waals surface area contributed by atoms with E-state index in [0.29, 0.717) is 5.92 Å². The molecule has 1 atom stereocenters. The first-order chi connectivity index (χ1) is 6.72. The molecule has 1 aliphatic rings. The highest BCUT2D eigenvalue weighted by Crippen LogP contribution is 2.40. The Balaban J connectivity index is 2.30. The van der Waals surface area contributed by atoms with Crippen LogP contribution in [0.15, 0.2) is 18.2 Å². The van der Waals surface area contributed by atoms with Gasteiger partial charge in [-0.2, -0.15) is 0 Å². The predicted octanol–water partition coefficient (Wildman–Crippen LogP) is 3.31. The van der Waals surface area contributed by atoms with Gasteiger partial charge in [0, 0.05) is 11.1 Å². The van der Waals surface area contributed by atoms with Crippen molar-refractivity contribution in [3.05, 3.63) is 34.3 Å². The van der Waals surface area contributed by atoms with Crippen LogP contribution >= 0.6 is 11.6 Å². The summed E-state index contributed by atoms with van der Waals surface area (Å²) in [5.74, 6) is 0.710. The molecule has 0 saturated heterocycles. The quantitative estimate of drug-likeness (QED) is 0.812. The molecule has 76 valence electrons. The summed E-state index contributed by atoms with van der Waals surface area (Å²) < 4.78 is 0. The summed E-state index contributed by atoms with van der Waals surface area (Å²) >= 11 is 5.95. The van der Waals surface area contributed by atoms with Gasteiger partial charge in [0.1, 0.15) is 0 Å². The highest BCUT2D eigenvalue weighted by molar-refractivity contribution is 6.30. The summed E-state index contributed by atoms with van der Waals surface area (Å²) in [5, 5.41) is 0.814. The lowest BCUT2D eigenvalue weighted by Gasteiger charge is -2.15. The van der Waals surface area contributed by atoms with Crippen molar-refractivity contribution in [2.45, 2.75) is 32.2 Å². The fourth-order valence-electron chi connectivity index (χ4n) is 1.91. The zero-order chi connectivity index (χ0) is 10.1. The van der Waals surface area contributed by atoms with E-state index in [1.165, 1.54) is 24.0 Å². The first-order valence-electron chi connectivity index (χ1n) is 5.26. The average molecular weight is 210 g/mol. The van der Waals surface area contributed by atoms with E-state index in [4.69, 9.17) is 17.3 Å². The Bertz CT molecular complexity index is 331. The van der Waals surface area contributed by atoms with Crippen molar-refractivity contribution in [2.75, 3.05) is 0 Å². The van der Waals surface area contributed by atoms with Gasteiger partial charge in [0.25, 0.3) is 0 Å². The van der Waals surface area contributed by atoms with Crippen LogP contribution in [0, 0.1) is 5.92 Å². The van der Waals surface area contributed by atoms with Gasteiger partial charge < -0.3 is 5.73 Å². The van der Waals surface area contributed by atoms with Crippen LogP contribution in [-0.4, -0.2) is 0 Å². The molecule has 0 unspecified atom stereocenters. The third kappa shape index (κ3) is 1.94. The molecule has 14 heavy (non-hydrogen) atoms. The smallest absolute Gasteiger partial charge is 0.0408 e. The van der Waals surface area contributed by atoms with Crippen LogP contribution in [-0.2, 0) is 6.42 Å². The lowest BCUT2D eigenvalue weighted by Crippen LogP contribution is -2.14. The maximum atomic E-state index is 6.18. The second kappa shape index (κ2) is 3.92. The number of nitrogens with two attached hydrogens (primary N) is 1. The monoisotopic (exact) mass is 209 g/mol. The summed E-state index contributed by atoms with van der Waals surface area (Å²) in [6.07, 6.45) is 3.58. The van der Waals surface area contributed by atoms with Crippen molar-refractivity contribution < 1.29 is 0 Å². The summed E-state index contributed by atoms with van der Waals surface area (Å²) in [5.41, 5.74) is 8.78. The molecular weight excluding hydrogens is 194 g/mol.